The van der Waals surface area contributed by atoms with Crippen molar-refractivity contribution >= 4 is 22.4 Å². The molecular weight excluding hydrogens is 300 g/mol. The molecule has 0 aromatic carbocycles. The van der Waals surface area contributed by atoms with E-state index in [1.165, 1.54) is 0 Å². The Morgan fingerprint density at radius 3 is 2.68 bits per heavy atom. The first-order valence-corrected chi connectivity index (χ1v) is 8.31. The van der Waals surface area contributed by atoms with Crippen molar-refractivity contribution in [1.29, 1.82) is 0 Å². The lowest BCUT2D eigenvalue weighted by atomic mass is 10.3. The van der Waals surface area contributed by atoms with Gasteiger partial charge in [0.15, 0.2) is 0 Å². The summed E-state index contributed by atoms with van der Waals surface area (Å²) in [5, 5.41) is 10.7. The third kappa shape index (κ3) is 3.27. The van der Waals surface area contributed by atoms with E-state index in [2.05, 4.69) is 36.9 Å². The smallest absolute Gasteiger partial charge is 0.228 e. The normalized spacial score (nSPS) is 15.2. The molecule has 3 rings (SSSR count). The quantitative estimate of drug-likeness (QED) is 0.829. The monoisotopic (exact) mass is 320 g/mol. The van der Waals surface area contributed by atoms with Gasteiger partial charge in [0.05, 0.1) is 7.11 Å². The minimum atomic E-state index is 0.598. The molecule has 1 aliphatic rings. The number of anilines is 2. The van der Waals surface area contributed by atoms with Gasteiger partial charge in [-0.05, 0) is 6.42 Å². The van der Waals surface area contributed by atoms with Crippen molar-refractivity contribution in [2.75, 3.05) is 43.1 Å². The molecule has 0 spiro atoms. The number of hydrogen-bond acceptors (Lipinski definition) is 8. The van der Waals surface area contributed by atoms with Crippen molar-refractivity contribution in [2.45, 2.75) is 19.8 Å². The Bertz CT molecular complexity index is 611. The fourth-order valence-corrected chi connectivity index (χ4v) is 3.38. The third-order valence-electron chi connectivity index (χ3n) is 3.58. The highest BCUT2D eigenvalue weighted by Crippen LogP contribution is 2.23. The van der Waals surface area contributed by atoms with Crippen molar-refractivity contribution in [3.8, 4) is 5.88 Å². The minimum Gasteiger partial charge on any atom is -0.481 e. The summed E-state index contributed by atoms with van der Waals surface area (Å²) in [6.45, 7) is 5.71. The first-order valence-electron chi connectivity index (χ1n) is 7.49. The SMILES string of the molecule is CCCc1nnc(N2CCN(c3nccc(OC)n3)CC2)s1. The Morgan fingerprint density at radius 2 is 1.95 bits per heavy atom. The molecule has 118 valence electrons. The van der Waals surface area contributed by atoms with Gasteiger partial charge in [-0.1, -0.05) is 18.3 Å². The highest BCUT2D eigenvalue weighted by atomic mass is 32.1. The lowest BCUT2D eigenvalue weighted by Gasteiger charge is -2.34. The summed E-state index contributed by atoms with van der Waals surface area (Å²) in [4.78, 5) is 13.2. The summed E-state index contributed by atoms with van der Waals surface area (Å²) in [6, 6.07) is 1.76. The van der Waals surface area contributed by atoms with Crippen LogP contribution in [0.25, 0.3) is 0 Å². The van der Waals surface area contributed by atoms with Crippen LogP contribution in [0.2, 0.25) is 0 Å². The summed E-state index contributed by atoms with van der Waals surface area (Å²) in [5.74, 6) is 1.32. The third-order valence-corrected chi connectivity index (χ3v) is 4.62. The van der Waals surface area contributed by atoms with Crippen LogP contribution in [0.4, 0.5) is 11.1 Å². The first kappa shape index (κ1) is 15.0. The van der Waals surface area contributed by atoms with E-state index in [4.69, 9.17) is 4.74 Å². The predicted molar refractivity (Wildman–Crippen MR) is 86.9 cm³/mol. The molecule has 1 saturated heterocycles. The Balaban J connectivity index is 1.61. The van der Waals surface area contributed by atoms with E-state index < -0.39 is 0 Å². The van der Waals surface area contributed by atoms with Crippen molar-refractivity contribution in [1.82, 2.24) is 20.2 Å². The fraction of sp³-hybridized carbons (Fsp3) is 0.571. The molecule has 7 nitrogen and oxygen atoms in total. The summed E-state index contributed by atoms with van der Waals surface area (Å²) in [7, 11) is 1.62. The highest BCUT2D eigenvalue weighted by molar-refractivity contribution is 7.15. The Labute approximate surface area is 134 Å². The van der Waals surface area contributed by atoms with Crippen LogP contribution < -0.4 is 14.5 Å². The zero-order chi connectivity index (χ0) is 15.4. The number of piperazine rings is 1. The minimum absolute atomic E-state index is 0.598. The van der Waals surface area contributed by atoms with Crippen molar-refractivity contribution in [3.05, 3.63) is 17.3 Å². The molecule has 1 aliphatic heterocycles. The van der Waals surface area contributed by atoms with Crippen LogP contribution in [0, 0.1) is 0 Å². The van der Waals surface area contributed by atoms with Crippen molar-refractivity contribution in [3.63, 3.8) is 0 Å². The average molecular weight is 320 g/mol. The van der Waals surface area contributed by atoms with Crippen LogP contribution in [0.3, 0.4) is 0 Å². The molecule has 8 heteroatoms. The molecule has 0 saturated carbocycles. The van der Waals surface area contributed by atoms with Crippen LogP contribution in [0.5, 0.6) is 5.88 Å². The van der Waals surface area contributed by atoms with Crippen molar-refractivity contribution < 1.29 is 4.74 Å². The van der Waals surface area contributed by atoms with Gasteiger partial charge in [-0.15, -0.1) is 10.2 Å². The second-order valence-corrected chi connectivity index (χ2v) is 6.14. The fourth-order valence-electron chi connectivity index (χ4n) is 2.38. The van der Waals surface area contributed by atoms with Gasteiger partial charge in [0.1, 0.15) is 5.01 Å². The van der Waals surface area contributed by atoms with E-state index in [1.54, 1.807) is 30.7 Å². The maximum absolute atomic E-state index is 5.16. The van der Waals surface area contributed by atoms with Gasteiger partial charge in [0.2, 0.25) is 17.0 Å². The molecule has 0 bridgehead atoms. The predicted octanol–water partition coefficient (Wildman–Crippen LogP) is 1.62. The summed E-state index contributed by atoms with van der Waals surface area (Å²) in [5.41, 5.74) is 0. The van der Waals surface area contributed by atoms with Gasteiger partial charge in [-0.3, -0.25) is 0 Å². The van der Waals surface area contributed by atoms with Crippen LogP contribution in [0.1, 0.15) is 18.4 Å². The summed E-state index contributed by atoms with van der Waals surface area (Å²) < 4.78 is 5.16. The standard InChI is InChI=1S/C14H20N6OS/c1-3-4-12-17-18-14(22-12)20-9-7-19(8-10-20)13-15-6-5-11(16-13)21-2/h5-6H,3-4,7-10H2,1-2H3. The number of rotatable bonds is 5. The lowest BCUT2D eigenvalue weighted by Crippen LogP contribution is -2.47. The van der Waals surface area contributed by atoms with Crippen LogP contribution in [0.15, 0.2) is 12.3 Å². The van der Waals surface area contributed by atoms with Gasteiger partial charge in [0.25, 0.3) is 0 Å². The molecule has 0 amide bonds. The molecule has 3 heterocycles. The van der Waals surface area contributed by atoms with E-state index in [0.717, 1.165) is 55.1 Å². The van der Waals surface area contributed by atoms with Gasteiger partial charge in [0, 0.05) is 44.9 Å². The molecule has 0 aliphatic carbocycles. The molecular formula is C14H20N6OS. The molecule has 0 radical (unpaired) electrons. The largest absolute Gasteiger partial charge is 0.481 e. The Morgan fingerprint density at radius 1 is 1.18 bits per heavy atom. The van der Waals surface area contributed by atoms with Gasteiger partial charge in [-0.2, -0.15) is 4.98 Å². The van der Waals surface area contributed by atoms with E-state index in [9.17, 15) is 0 Å². The van der Waals surface area contributed by atoms with Crippen LogP contribution in [-0.4, -0.2) is 53.5 Å². The number of aryl methyl sites for hydroxylation is 1. The zero-order valence-corrected chi connectivity index (χ0v) is 13.7. The molecule has 0 unspecified atom stereocenters. The lowest BCUT2D eigenvalue weighted by molar-refractivity contribution is 0.396. The Kier molecular flexibility index (Phi) is 4.67. The molecule has 2 aromatic rings. The number of hydrogen-bond donors (Lipinski definition) is 0. The second-order valence-electron chi connectivity index (χ2n) is 5.10. The maximum Gasteiger partial charge on any atom is 0.228 e. The van der Waals surface area contributed by atoms with E-state index in [0.29, 0.717) is 5.88 Å². The average Bonchev–Trinajstić information content (AvgIpc) is 3.04. The van der Waals surface area contributed by atoms with Crippen LogP contribution in [-0.2, 0) is 6.42 Å². The topological polar surface area (TPSA) is 67.3 Å². The molecule has 1 fully saturated rings. The number of methoxy groups -OCH3 is 1. The van der Waals surface area contributed by atoms with E-state index in [1.807, 2.05) is 0 Å². The molecule has 0 N–H and O–H groups in total. The first-order chi connectivity index (χ1) is 10.8. The Hall–Kier alpha value is -1.96. The number of ether oxygens (including phenoxy) is 1. The molecule has 22 heavy (non-hydrogen) atoms. The number of nitrogens with zero attached hydrogens (tertiary/aromatic N) is 6. The van der Waals surface area contributed by atoms with Gasteiger partial charge >= 0.3 is 0 Å². The van der Waals surface area contributed by atoms with Crippen LogP contribution >= 0.6 is 11.3 Å². The zero-order valence-electron chi connectivity index (χ0n) is 12.9. The summed E-state index contributed by atoms with van der Waals surface area (Å²) in [6.07, 6.45) is 3.85. The maximum atomic E-state index is 5.16. The van der Waals surface area contributed by atoms with E-state index >= 15 is 0 Å². The molecule has 0 atom stereocenters. The molecule has 2 aromatic heterocycles. The second kappa shape index (κ2) is 6.87. The van der Waals surface area contributed by atoms with Gasteiger partial charge in [-0.25, -0.2) is 4.98 Å². The number of aromatic nitrogens is 4. The van der Waals surface area contributed by atoms with E-state index in [-0.39, 0.29) is 0 Å². The summed E-state index contributed by atoms with van der Waals surface area (Å²) >= 11 is 1.70. The van der Waals surface area contributed by atoms with Crippen molar-refractivity contribution in [2.24, 2.45) is 0 Å². The highest BCUT2D eigenvalue weighted by Gasteiger charge is 2.21. The van der Waals surface area contributed by atoms with Gasteiger partial charge < -0.3 is 14.5 Å².